The molecular weight excluding hydrogens is 212 g/mol. The summed E-state index contributed by atoms with van der Waals surface area (Å²) in [5.41, 5.74) is 1.40. The Morgan fingerprint density at radius 2 is 2.18 bits per heavy atom. The maximum atomic E-state index is 5.14. The summed E-state index contributed by atoms with van der Waals surface area (Å²) in [6.07, 6.45) is 1.10. The molecule has 0 spiro atoms. The first kappa shape index (κ1) is 12.6. The minimum absolute atomic E-state index is 0.576. The predicted molar refractivity (Wildman–Crippen MR) is 70.0 cm³/mol. The number of ether oxygens (including phenoxy) is 1. The maximum absolute atomic E-state index is 5.14. The highest BCUT2D eigenvalue weighted by atomic mass is 16.5. The lowest BCUT2D eigenvalue weighted by molar-refractivity contribution is 0.144. The van der Waals surface area contributed by atoms with Crippen molar-refractivity contribution in [2.24, 2.45) is 0 Å². The standard InChI is InChI=1S/C14H22N2O/c1-17-10-7-14-12-16(9-8-15-14)11-13-5-3-2-4-6-13/h2-6,14-15H,7-12H2,1H3/t14-/m1/s1. The summed E-state index contributed by atoms with van der Waals surface area (Å²) in [7, 11) is 1.77. The average Bonchev–Trinajstić information content (AvgIpc) is 2.38. The number of piperazine rings is 1. The monoisotopic (exact) mass is 234 g/mol. The van der Waals surface area contributed by atoms with Crippen LogP contribution in [-0.2, 0) is 11.3 Å². The Bertz CT molecular complexity index is 315. The van der Waals surface area contributed by atoms with Crippen molar-refractivity contribution in [3.05, 3.63) is 35.9 Å². The topological polar surface area (TPSA) is 24.5 Å². The second-order valence-corrected chi connectivity index (χ2v) is 4.65. The van der Waals surface area contributed by atoms with Gasteiger partial charge in [0.05, 0.1) is 0 Å². The van der Waals surface area contributed by atoms with Gasteiger partial charge in [-0.25, -0.2) is 0 Å². The zero-order chi connectivity index (χ0) is 11.9. The molecule has 1 heterocycles. The highest BCUT2D eigenvalue weighted by Gasteiger charge is 2.18. The molecule has 1 aliphatic heterocycles. The van der Waals surface area contributed by atoms with Gasteiger partial charge in [0.2, 0.25) is 0 Å². The number of rotatable bonds is 5. The Morgan fingerprint density at radius 3 is 2.94 bits per heavy atom. The van der Waals surface area contributed by atoms with Gasteiger partial charge in [-0.2, -0.15) is 0 Å². The molecule has 94 valence electrons. The number of nitrogens with zero attached hydrogens (tertiary/aromatic N) is 1. The molecule has 1 atom stereocenters. The zero-order valence-corrected chi connectivity index (χ0v) is 10.6. The Balaban J connectivity index is 1.81. The van der Waals surface area contributed by atoms with Crippen LogP contribution in [0.2, 0.25) is 0 Å². The van der Waals surface area contributed by atoms with Gasteiger partial charge >= 0.3 is 0 Å². The highest BCUT2D eigenvalue weighted by molar-refractivity contribution is 5.14. The summed E-state index contributed by atoms with van der Waals surface area (Å²) < 4.78 is 5.14. The lowest BCUT2D eigenvalue weighted by Crippen LogP contribution is -2.50. The number of hydrogen-bond donors (Lipinski definition) is 1. The van der Waals surface area contributed by atoms with Crippen LogP contribution in [0.1, 0.15) is 12.0 Å². The summed E-state index contributed by atoms with van der Waals surface area (Å²) in [5, 5.41) is 3.55. The van der Waals surface area contributed by atoms with E-state index in [4.69, 9.17) is 4.74 Å². The van der Waals surface area contributed by atoms with Gasteiger partial charge in [0, 0.05) is 45.9 Å². The summed E-state index contributed by atoms with van der Waals surface area (Å²) >= 11 is 0. The van der Waals surface area contributed by atoms with E-state index in [9.17, 15) is 0 Å². The summed E-state index contributed by atoms with van der Waals surface area (Å²) in [4.78, 5) is 2.52. The van der Waals surface area contributed by atoms with E-state index in [2.05, 4.69) is 40.5 Å². The van der Waals surface area contributed by atoms with Crippen LogP contribution >= 0.6 is 0 Å². The molecule has 3 nitrogen and oxygen atoms in total. The fourth-order valence-corrected chi connectivity index (χ4v) is 2.33. The van der Waals surface area contributed by atoms with Crippen LogP contribution in [0.4, 0.5) is 0 Å². The first-order valence-corrected chi connectivity index (χ1v) is 6.37. The van der Waals surface area contributed by atoms with Crippen molar-refractivity contribution in [2.75, 3.05) is 33.4 Å². The Labute approximate surface area is 104 Å². The first-order chi connectivity index (χ1) is 8.38. The van der Waals surface area contributed by atoms with Gasteiger partial charge in [-0.1, -0.05) is 30.3 Å². The second-order valence-electron chi connectivity index (χ2n) is 4.65. The van der Waals surface area contributed by atoms with Crippen LogP contribution in [0, 0.1) is 0 Å². The summed E-state index contributed by atoms with van der Waals surface area (Å²) in [6, 6.07) is 11.3. The molecule has 0 unspecified atom stereocenters. The van der Waals surface area contributed by atoms with Gasteiger partial charge in [0.1, 0.15) is 0 Å². The predicted octanol–water partition coefficient (Wildman–Crippen LogP) is 1.50. The molecule has 0 aromatic heterocycles. The van der Waals surface area contributed by atoms with Gasteiger partial charge in [-0.3, -0.25) is 4.90 Å². The molecule has 1 N–H and O–H groups in total. The van der Waals surface area contributed by atoms with E-state index in [1.165, 1.54) is 5.56 Å². The van der Waals surface area contributed by atoms with Crippen molar-refractivity contribution < 1.29 is 4.74 Å². The Hall–Kier alpha value is -0.900. The van der Waals surface area contributed by atoms with E-state index in [1.54, 1.807) is 7.11 Å². The fourth-order valence-electron chi connectivity index (χ4n) is 2.33. The van der Waals surface area contributed by atoms with Gasteiger partial charge < -0.3 is 10.1 Å². The molecule has 1 aliphatic rings. The molecular formula is C14H22N2O. The lowest BCUT2D eigenvalue weighted by atomic mass is 10.1. The van der Waals surface area contributed by atoms with Gasteiger partial charge in [0.15, 0.2) is 0 Å². The SMILES string of the molecule is COCC[C@@H]1CN(Cc2ccccc2)CCN1. The van der Waals surface area contributed by atoms with Gasteiger partial charge in [-0.15, -0.1) is 0 Å². The number of benzene rings is 1. The summed E-state index contributed by atoms with van der Waals surface area (Å²) in [5.74, 6) is 0. The van der Waals surface area contributed by atoms with Crippen LogP contribution in [0.5, 0.6) is 0 Å². The zero-order valence-electron chi connectivity index (χ0n) is 10.6. The molecule has 1 aromatic carbocycles. The highest BCUT2D eigenvalue weighted by Crippen LogP contribution is 2.08. The molecule has 1 aromatic rings. The minimum atomic E-state index is 0.576. The molecule has 17 heavy (non-hydrogen) atoms. The normalized spacial score (nSPS) is 21.6. The van der Waals surface area contributed by atoms with E-state index in [0.717, 1.165) is 39.2 Å². The first-order valence-electron chi connectivity index (χ1n) is 6.37. The van der Waals surface area contributed by atoms with Gasteiger partial charge in [0.25, 0.3) is 0 Å². The van der Waals surface area contributed by atoms with Crippen molar-refractivity contribution in [2.45, 2.75) is 19.0 Å². The smallest absolute Gasteiger partial charge is 0.0477 e. The minimum Gasteiger partial charge on any atom is -0.385 e. The van der Waals surface area contributed by atoms with E-state index in [0.29, 0.717) is 6.04 Å². The molecule has 1 saturated heterocycles. The molecule has 2 rings (SSSR count). The second kappa shape index (κ2) is 6.74. The maximum Gasteiger partial charge on any atom is 0.0477 e. The summed E-state index contributed by atoms with van der Waals surface area (Å²) in [6.45, 7) is 5.25. The number of nitrogens with one attached hydrogen (secondary N) is 1. The fraction of sp³-hybridized carbons (Fsp3) is 0.571. The van der Waals surface area contributed by atoms with E-state index in [-0.39, 0.29) is 0 Å². The lowest BCUT2D eigenvalue weighted by Gasteiger charge is -2.33. The van der Waals surface area contributed by atoms with E-state index >= 15 is 0 Å². The van der Waals surface area contributed by atoms with Crippen LogP contribution in [0.15, 0.2) is 30.3 Å². The van der Waals surface area contributed by atoms with Crippen molar-refractivity contribution in [3.63, 3.8) is 0 Å². The third kappa shape index (κ3) is 4.11. The number of methoxy groups -OCH3 is 1. The molecule has 0 radical (unpaired) electrons. The molecule has 0 amide bonds. The van der Waals surface area contributed by atoms with Crippen molar-refractivity contribution in [1.29, 1.82) is 0 Å². The number of hydrogen-bond acceptors (Lipinski definition) is 3. The van der Waals surface area contributed by atoms with Crippen molar-refractivity contribution in [1.82, 2.24) is 10.2 Å². The molecule has 3 heteroatoms. The van der Waals surface area contributed by atoms with Crippen LogP contribution in [-0.4, -0.2) is 44.3 Å². The Morgan fingerprint density at radius 1 is 1.35 bits per heavy atom. The van der Waals surface area contributed by atoms with Crippen LogP contribution < -0.4 is 5.32 Å². The van der Waals surface area contributed by atoms with Crippen molar-refractivity contribution in [3.8, 4) is 0 Å². The van der Waals surface area contributed by atoms with E-state index in [1.807, 2.05) is 0 Å². The molecule has 0 saturated carbocycles. The largest absolute Gasteiger partial charge is 0.385 e. The third-order valence-corrected chi connectivity index (χ3v) is 3.26. The van der Waals surface area contributed by atoms with Crippen LogP contribution in [0.25, 0.3) is 0 Å². The van der Waals surface area contributed by atoms with E-state index < -0.39 is 0 Å². The quantitative estimate of drug-likeness (QED) is 0.835. The molecule has 0 bridgehead atoms. The average molecular weight is 234 g/mol. The third-order valence-electron chi connectivity index (χ3n) is 3.26. The molecule has 0 aliphatic carbocycles. The Kier molecular flexibility index (Phi) is 4.98. The van der Waals surface area contributed by atoms with Crippen molar-refractivity contribution >= 4 is 0 Å². The molecule has 1 fully saturated rings. The van der Waals surface area contributed by atoms with Crippen LogP contribution in [0.3, 0.4) is 0 Å². The van der Waals surface area contributed by atoms with Gasteiger partial charge in [-0.05, 0) is 12.0 Å².